The molecule has 0 bridgehead atoms. The van der Waals surface area contributed by atoms with Gasteiger partial charge >= 0.3 is 6.09 Å². The minimum absolute atomic E-state index is 0.0422. The first-order valence-electron chi connectivity index (χ1n) is 16.3. The molecule has 11 nitrogen and oxygen atoms in total. The molecule has 2 atom stereocenters. The van der Waals surface area contributed by atoms with Gasteiger partial charge in [-0.2, -0.15) is 0 Å². The fourth-order valence-electron chi connectivity index (χ4n) is 5.92. The van der Waals surface area contributed by atoms with E-state index in [1.807, 2.05) is 6.92 Å². The molecule has 1 saturated heterocycles. The lowest BCUT2D eigenvalue weighted by atomic mass is 10.0. The van der Waals surface area contributed by atoms with Crippen molar-refractivity contribution in [2.75, 3.05) is 18.4 Å². The summed E-state index contributed by atoms with van der Waals surface area (Å²) < 4.78 is 68.3. The molecule has 268 valence electrons. The molecule has 0 spiro atoms. The fourth-order valence-corrected chi connectivity index (χ4v) is 8.07. The van der Waals surface area contributed by atoms with Crippen LogP contribution in [0.3, 0.4) is 0 Å². The molecule has 1 fully saturated rings. The van der Waals surface area contributed by atoms with Gasteiger partial charge in [0.05, 0.1) is 40.0 Å². The lowest BCUT2D eigenvalue weighted by molar-refractivity contribution is 0.0124. The van der Waals surface area contributed by atoms with Gasteiger partial charge in [0.2, 0.25) is 11.8 Å². The molecule has 3 aromatic heterocycles. The number of nitrogens with one attached hydrogen (secondary N) is 1. The Hall–Kier alpha value is -4.76. The van der Waals surface area contributed by atoms with Crippen LogP contribution >= 0.6 is 11.3 Å². The topological polar surface area (TPSA) is 136 Å². The van der Waals surface area contributed by atoms with Gasteiger partial charge in [0.1, 0.15) is 23.3 Å². The lowest BCUT2D eigenvalue weighted by Gasteiger charge is -2.36. The number of pyridine rings is 1. The van der Waals surface area contributed by atoms with Gasteiger partial charge in [0.15, 0.2) is 9.84 Å². The normalized spacial score (nSPS) is 16.6. The second kappa shape index (κ2) is 14.5. The fraction of sp³-hybridized carbons (Fsp3) is 0.361. The van der Waals surface area contributed by atoms with E-state index in [0.717, 1.165) is 10.6 Å². The highest BCUT2D eigenvalue weighted by Gasteiger charge is 2.33. The van der Waals surface area contributed by atoms with Gasteiger partial charge in [-0.25, -0.2) is 41.9 Å². The molecule has 0 saturated carbocycles. The van der Waals surface area contributed by atoms with Crippen LogP contribution in [0.2, 0.25) is 0 Å². The number of halogens is 2. The number of sulfone groups is 1. The number of hydrogen-bond donors (Lipinski definition) is 1. The number of anilines is 1. The van der Waals surface area contributed by atoms with E-state index < -0.39 is 45.3 Å². The molecule has 15 heteroatoms. The zero-order valence-electron chi connectivity index (χ0n) is 28.8. The van der Waals surface area contributed by atoms with Crippen molar-refractivity contribution in [3.8, 4) is 22.9 Å². The summed E-state index contributed by atoms with van der Waals surface area (Å²) in [5, 5.41) is 6.52. The molecule has 1 amide bonds. The summed E-state index contributed by atoms with van der Waals surface area (Å²) in [5.74, 6) is -0.644. The average molecular weight is 737 g/mol. The maximum absolute atomic E-state index is 15.3. The maximum atomic E-state index is 15.3. The number of amides is 1. The van der Waals surface area contributed by atoms with E-state index in [1.54, 1.807) is 81.9 Å². The molecule has 0 unspecified atom stereocenters. The van der Waals surface area contributed by atoms with Crippen molar-refractivity contribution < 1.29 is 31.5 Å². The first kappa shape index (κ1) is 36.0. The largest absolute Gasteiger partial charge is 0.444 e. The van der Waals surface area contributed by atoms with Gasteiger partial charge in [-0.15, -0.1) is 11.3 Å². The molecule has 5 aromatic rings. The predicted molar refractivity (Wildman–Crippen MR) is 192 cm³/mol. The highest BCUT2D eigenvalue weighted by atomic mass is 32.2. The second-order valence-electron chi connectivity index (χ2n) is 13.5. The van der Waals surface area contributed by atoms with Gasteiger partial charge in [-0.3, -0.25) is 0 Å². The molecule has 0 radical (unpaired) electrons. The van der Waals surface area contributed by atoms with E-state index in [2.05, 4.69) is 25.3 Å². The number of fused-ring (bicyclic) bond motifs is 1. The first-order chi connectivity index (χ1) is 24.1. The number of rotatable bonds is 9. The third kappa shape index (κ3) is 8.76. The molecule has 1 aliphatic heterocycles. The summed E-state index contributed by atoms with van der Waals surface area (Å²) in [6, 6.07) is 10.9. The van der Waals surface area contributed by atoms with Crippen LogP contribution in [-0.2, 0) is 26.1 Å². The van der Waals surface area contributed by atoms with Crippen LogP contribution in [0.4, 0.5) is 19.5 Å². The van der Waals surface area contributed by atoms with Crippen LogP contribution in [0.15, 0.2) is 60.2 Å². The number of alkyl halides is 1. The van der Waals surface area contributed by atoms with Crippen molar-refractivity contribution in [1.82, 2.24) is 24.8 Å². The standard InChI is InChI=1S/C36H38F2N6O5S2/c1-21-8-9-26-27(10-11-30(38)29(26)20-51(46,47)19-25-18-50-22(2)41-25)32(21)48-33-28(7-6-13-39-33)31-12-14-40-34(43-31)42-24-15-23(37)16-44(17-24)35(45)49-36(3,4)5/h6-14,18,23-24H,15-17,19-20H2,1-5H3,(H,40,42,43)/t23-,24-/m1/s1. The van der Waals surface area contributed by atoms with Gasteiger partial charge in [-0.1, -0.05) is 12.1 Å². The molecule has 6 rings (SSSR count). The lowest BCUT2D eigenvalue weighted by Crippen LogP contribution is -2.51. The Labute approximate surface area is 299 Å². The minimum Gasteiger partial charge on any atom is -0.444 e. The molecule has 1 N–H and O–H groups in total. The molecular weight excluding hydrogens is 699 g/mol. The zero-order chi connectivity index (χ0) is 36.5. The average Bonchev–Trinajstić information content (AvgIpc) is 3.46. The van der Waals surface area contributed by atoms with Crippen molar-refractivity contribution in [1.29, 1.82) is 0 Å². The predicted octanol–water partition coefficient (Wildman–Crippen LogP) is 7.57. The number of carbonyl (C=O) groups is 1. The van der Waals surface area contributed by atoms with Crippen LogP contribution in [0.25, 0.3) is 22.0 Å². The number of piperidine rings is 1. The minimum atomic E-state index is -3.76. The molecule has 0 aliphatic carbocycles. The molecular formula is C36H38F2N6O5S2. The number of benzene rings is 2. The summed E-state index contributed by atoms with van der Waals surface area (Å²) in [7, 11) is -3.76. The monoisotopic (exact) mass is 736 g/mol. The Morgan fingerprint density at radius 3 is 2.55 bits per heavy atom. The van der Waals surface area contributed by atoms with Crippen LogP contribution in [0.5, 0.6) is 11.6 Å². The van der Waals surface area contributed by atoms with E-state index in [1.165, 1.54) is 22.3 Å². The third-order valence-corrected chi connectivity index (χ3v) is 10.4. The van der Waals surface area contributed by atoms with Crippen molar-refractivity contribution in [2.24, 2.45) is 0 Å². The highest BCUT2D eigenvalue weighted by molar-refractivity contribution is 7.89. The molecule has 1 aliphatic rings. The van der Waals surface area contributed by atoms with Gasteiger partial charge in [0.25, 0.3) is 0 Å². The molecule has 4 heterocycles. The number of hydrogen-bond acceptors (Lipinski definition) is 11. The number of thiazole rings is 1. The van der Waals surface area contributed by atoms with E-state index >= 15 is 4.39 Å². The summed E-state index contributed by atoms with van der Waals surface area (Å²) in [5.41, 5.74) is 1.45. The highest BCUT2D eigenvalue weighted by Crippen LogP contribution is 2.38. The number of carbonyl (C=O) groups excluding carboxylic acids is 1. The summed E-state index contributed by atoms with van der Waals surface area (Å²) in [6.45, 7) is 9.04. The van der Waals surface area contributed by atoms with Gasteiger partial charge in [0, 0.05) is 47.7 Å². The number of aromatic nitrogens is 4. The van der Waals surface area contributed by atoms with Crippen molar-refractivity contribution >= 4 is 44.0 Å². The van der Waals surface area contributed by atoms with Crippen LogP contribution in [0, 0.1) is 19.7 Å². The summed E-state index contributed by atoms with van der Waals surface area (Å²) in [4.78, 5) is 31.7. The Kier molecular flexibility index (Phi) is 10.2. The quantitative estimate of drug-likeness (QED) is 0.161. The van der Waals surface area contributed by atoms with E-state index in [4.69, 9.17) is 9.47 Å². The van der Waals surface area contributed by atoms with Crippen molar-refractivity contribution in [3.05, 3.63) is 87.9 Å². The summed E-state index contributed by atoms with van der Waals surface area (Å²) in [6.07, 6.45) is 1.42. The van der Waals surface area contributed by atoms with Crippen LogP contribution in [0.1, 0.15) is 49.0 Å². The summed E-state index contributed by atoms with van der Waals surface area (Å²) >= 11 is 1.36. The van der Waals surface area contributed by atoms with Crippen molar-refractivity contribution in [2.45, 2.75) is 70.4 Å². The Morgan fingerprint density at radius 2 is 1.80 bits per heavy atom. The van der Waals surface area contributed by atoms with Crippen LogP contribution in [-0.4, -0.2) is 70.3 Å². The smallest absolute Gasteiger partial charge is 0.410 e. The van der Waals surface area contributed by atoms with E-state index in [-0.39, 0.29) is 42.7 Å². The first-order valence-corrected chi connectivity index (χ1v) is 19.0. The molecule has 51 heavy (non-hydrogen) atoms. The van der Waals surface area contributed by atoms with Gasteiger partial charge in [-0.05, 0) is 75.9 Å². The van der Waals surface area contributed by atoms with E-state index in [0.29, 0.717) is 33.5 Å². The van der Waals surface area contributed by atoms with Crippen molar-refractivity contribution in [3.63, 3.8) is 0 Å². The van der Waals surface area contributed by atoms with Gasteiger partial charge < -0.3 is 19.7 Å². The number of ether oxygens (including phenoxy) is 2. The maximum Gasteiger partial charge on any atom is 0.410 e. The number of likely N-dealkylation sites (tertiary alicyclic amines) is 1. The van der Waals surface area contributed by atoms with Crippen LogP contribution < -0.4 is 10.1 Å². The number of aryl methyl sites for hydroxylation is 2. The number of nitrogens with zero attached hydrogens (tertiary/aromatic N) is 5. The molecule has 2 aromatic carbocycles. The Morgan fingerprint density at radius 1 is 1.02 bits per heavy atom. The zero-order valence-corrected chi connectivity index (χ0v) is 30.4. The Bertz CT molecular complexity index is 2190. The SMILES string of the molecule is Cc1nc(CS(=O)(=O)Cc2c(F)ccc3c(Oc4ncccc4-c4ccnc(N[C@@H]5C[C@@H](F)CN(C(=O)OC(C)(C)C)C5)n4)c(C)ccc23)cs1. The second-order valence-corrected chi connectivity index (χ2v) is 16.6. The Balaban J connectivity index is 1.26. The van der Waals surface area contributed by atoms with E-state index in [9.17, 15) is 17.6 Å². The third-order valence-electron chi connectivity index (χ3n) is 8.09.